The van der Waals surface area contributed by atoms with Crippen LogP contribution in [0.25, 0.3) is 0 Å². The molecular weight excluding hydrogens is 304 g/mol. The predicted molar refractivity (Wildman–Crippen MR) is 91.8 cm³/mol. The summed E-state index contributed by atoms with van der Waals surface area (Å²) in [5.41, 5.74) is 16.3. The van der Waals surface area contributed by atoms with Gasteiger partial charge in [0.1, 0.15) is 11.7 Å². The lowest BCUT2D eigenvalue weighted by atomic mass is 10.1. The quantitative estimate of drug-likeness (QED) is 0.539. The van der Waals surface area contributed by atoms with Crippen molar-refractivity contribution in [2.45, 2.75) is 19.5 Å². The molecule has 3 aromatic rings. The number of nitrogens with two attached hydrogens (primary N) is 2. The number of aliphatic imine (C=N–C) groups is 1. The van der Waals surface area contributed by atoms with E-state index in [9.17, 15) is 0 Å². The van der Waals surface area contributed by atoms with Crippen LogP contribution in [0.3, 0.4) is 0 Å². The first-order chi connectivity index (χ1) is 11.6. The maximum atomic E-state index is 5.97. The highest BCUT2D eigenvalue weighted by Crippen LogP contribution is 2.32. The number of rotatable bonds is 3. The number of fused-ring (bicyclic) bond motifs is 1. The first-order valence-corrected chi connectivity index (χ1v) is 7.62. The molecule has 1 atom stereocenters. The first-order valence-electron chi connectivity index (χ1n) is 7.62. The van der Waals surface area contributed by atoms with Crippen LogP contribution in [-0.4, -0.2) is 25.7 Å². The zero-order valence-corrected chi connectivity index (χ0v) is 13.2. The fourth-order valence-electron chi connectivity index (χ4n) is 2.88. The molecule has 0 amide bonds. The lowest BCUT2D eigenvalue weighted by Crippen LogP contribution is -2.38. The van der Waals surface area contributed by atoms with Gasteiger partial charge >= 0.3 is 0 Å². The molecule has 3 heterocycles. The number of guanidine groups is 1. The van der Waals surface area contributed by atoms with E-state index in [2.05, 4.69) is 25.5 Å². The lowest BCUT2D eigenvalue weighted by molar-refractivity contribution is 0.688. The van der Waals surface area contributed by atoms with Crippen LogP contribution in [0.2, 0.25) is 0 Å². The Hall–Kier alpha value is -3.29. The summed E-state index contributed by atoms with van der Waals surface area (Å²) in [6.45, 7) is 2.58. The van der Waals surface area contributed by atoms with Crippen molar-refractivity contribution in [3.63, 3.8) is 0 Å². The number of aromatic amines is 1. The number of H-pyrrole nitrogens is 1. The number of benzene rings is 1. The van der Waals surface area contributed by atoms with Gasteiger partial charge in [-0.2, -0.15) is 10.1 Å². The van der Waals surface area contributed by atoms with Crippen molar-refractivity contribution >= 4 is 17.5 Å². The molecule has 6 N–H and O–H groups in total. The van der Waals surface area contributed by atoms with Gasteiger partial charge in [-0.25, -0.2) is 4.98 Å². The average molecular weight is 322 g/mol. The Bertz CT molecular complexity index is 920. The molecule has 0 aliphatic carbocycles. The molecule has 0 bridgehead atoms. The number of nitrogens with one attached hydrogen (secondary N) is 2. The van der Waals surface area contributed by atoms with Gasteiger partial charge in [-0.05, 0) is 30.7 Å². The third-order valence-electron chi connectivity index (χ3n) is 3.95. The minimum absolute atomic E-state index is 0.218. The highest BCUT2D eigenvalue weighted by Gasteiger charge is 2.28. The first kappa shape index (κ1) is 14.3. The monoisotopic (exact) mass is 322 g/mol. The Labute approximate surface area is 138 Å². The Morgan fingerprint density at radius 3 is 2.88 bits per heavy atom. The summed E-state index contributed by atoms with van der Waals surface area (Å²) < 4.78 is 1.96. The minimum atomic E-state index is -0.218. The van der Waals surface area contributed by atoms with E-state index in [4.69, 9.17) is 11.5 Å². The van der Waals surface area contributed by atoms with Gasteiger partial charge in [0.15, 0.2) is 11.8 Å². The molecule has 0 fully saturated rings. The normalized spacial score (nSPS) is 16.4. The van der Waals surface area contributed by atoms with E-state index in [-0.39, 0.29) is 6.04 Å². The van der Waals surface area contributed by atoms with Gasteiger partial charge in [0.25, 0.3) is 0 Å². The van der Waals surface area contributed by atoms with E-state index in [1.54, 1.807) is 6.33 Å². The molecule has 1 aliphatic heterocycles. The molecule has 0 spiro atoms. The highest BCUT2D eigenvalue weighted by atomic mass is 15.3. The Morgan fingerprint density at radius 2 is 2.12 bits per heavy atom. The third-order valence-corrected chi connectivity index (χ3v) is 3.95. The molecule has 1 aromatic carbocycles. The smallest absolute Gasteiger partial charge is 0.196 e. The van der Waals surface area contributed by atoms with Gasteiger partial charge in [0, 0.05) is 11.4 Å². The zero-order chi connectivity index (χ0) is 16.7. The Kier molecular flexibility index (Phi) is 3.23. The zero-order valence-electron chi connectivity index (χ0n) is 13.2. The van der Waals surface area contributed by atoms with Crippen molar-refractivity contribution in [3.8, 4) is 0 Å². The molecule has 8 heteroatoms. The number of aryl methyl sites for hydroxylation is 1. The topological polar surface area (TPSA) is 123 Å². The van der Waals surface area contributed by atoms with E-state index in [0.29, 0.717) is 12.5 Å². The second-order valence-electron chi connectivity index (χ2n) is 5.88. The van der Waals surface area contributed by atoms with E-state index in [0.717, 1.165) is 34.2 Å². The molecule has 1 unspecified atom stereocenters. The summed E-state index contributed by atoms with van der Waals surface area (Å²) >= 11 is 0. The van der Waals surface area contributed by atoms with Crippen LogP contribution in [0.15, 0.2) is 41.7 Å². The van der Waals surface area contributed by atoms with Crippen LogP contribution < -0.4 is 16.8 Å². The van der Waals surface area contributed by atoms with Crippen LogP contribution in [-0.2, 0) is 6.54 Å². The van der Waals surface area contributed by atoms with Crippen molar-refractivity contribution in [1.82, 2.24) is 25.1 Å². The summed E-state index contributed by atoms with van der Waals surface area (Å²) in [6.07, 6.45) is 1.77. The maximum absolute atomic E-state index is 5.97. The van der Waals surface area contributed by atoms with Crippen LogP contribution in [0.4, 0.5) is 11.5 Å². The van der Waals surface area contributed by atoms with Gasteiger partial charge < -0.3 is 21.4 Å². The van der Waals surface area contributed by atoms with Gasteiger partial charge in [-0.15, -0.1) is 0 Å². The lowest BCUT2D eigenvalue weighted by Gasteiger charge is -2.21. The van der Waals surface area contributed by atoms with Crippen molar-refractivity contribution < 1.29 is 0 Å². The number of hydrogen-bond acceptors (Lipinski definition) is 6. The molecule has 122 valence electrons. The van der Waals surface area contributed by atoms with Gasteiger partial charge in [0.05, 0.1) is 18.6 Å². The van der Waals surface area contributed by atoms with Crippen molar-refractivity contribution in [1.29, 1.82) is 0 Å². The number of aromatic nitrogens is 4. The summed E-state index contributed by atoms with van der Waals surface area (Å²) in [6, 6.07) is 9.51. The predicted octanol–water partition coefficient (Wildman–Crippen LogP) is 1.18. The van der Waals surface area contributed by atoms with Crippen LogP contribution >= 0.6 is 0 Å². The Morgan fingerprint density at radius 1 is 1.25 bits per heavy atom. The molecule has 0 saturated heterocycles. The maximum Gasteiger partial charge on any atom is 0.196 e. The standard InChI is InChI=1S/C16H18N8/c1-9-5-12(23-22-9)13-14-15(21-16(18)20-13)24(8-19-14)7-10-3-2-4-11(17)6-10/h2-6,8,13H,7,17H2,1H3,(H,22,23)(H3,18,20,21). The molecule has 0 radical (unpaired) electrons. The van der Waals surface area contributed by atoms with Crippen LogP contribution in [0.1, 0.15) is 28.7 Å². The molecule has 8 nitrogen and oxygen atoms in total. The molecule has 2 aromatic heterocycles. The fourth-order valence-corrected chi connectivity index (χ4v) is 2.88. The number of nitrogen functional groups attached to an aromatic ring is 1. The van der Waals surface area contributed by atoms with Crippen molar-refractivity contribution in [2.24, 2.45) is 10.7 Å². The molecule has 24 heavy (non-hydrogen) atoms. The third kappa shape index (κ3) is 2.47. The van der Waals surface area contributed by atoms with Gasteiger partial charge in [-0.1, -0.05) is 12.1 Å². The minimum Gasteiger partial charge on any atom is -0.399 e. The second-order valence-corrected chi connectivity index (χ2v) is 5.88. The van der Waals surface area contributed by atoms with Crippen molar-refractivity contribution in [3.05, 3.63) is 59.3 Å². The largest absolute Gasteiger partial charge is 0.399 e. The molecular formula is C16H18N8. The van der Waals surface area contributed by atoms with Gasteiger partial charge in [0.2, 0.25) is 0 Å². The van der Waals surface area contributed by atoms with E-state index >= 15 is 0 Å². The van der Waals surface area contributed by atoms with E-state index < -0.39 is 0 Å². The number of hydrogen-bond donors (Lipinski definition) is 4. The SMILES string of the molecule is Cc1cc(C2NC(N)=Nc3c2ncn3Cc2cccc(N)c2)n[nH]1. The fraction of sp³-hybridized carbons (Fsp3) is 0.188. The summed E-state index contributed by atoms with van der Waals surface area (Å²) in [5, 5.41) is 10.4. The average Bonchev–Trinajstić information content (AvgIpc) is 3.14. The molecule has 1 aliphatic rings. The number of nitrogens with zero attached hydrogens (tertiary/aromatic N) is 4. The molecule has 0 saturated carbocycles. The highest BCUT2D eigenvalue weighted by molar-refractivity contribution is 5.83. The number of anilines is 1. The summed E-state index contributed by atoms with van der Waals surface area (Å²) in [4.78, 5) is 8.95. The Balaban J connectivity index is 1.72. The van der Waals surface area contributed by atoms with Crippen LogP contribution in [0.5, 0.6) is 0 Å². The second kappa shape index (κ2) is 5.41. The summed E-state index contributed by atoms with van der Waals surface area (Å²) in [5.74, 6) is 1.09. The van der Waals surface area contributed by atoms with E-state index in [1.807, 2.05) is 41.8 Å². The summed E-state index contributed by atoms with van der Waals surface area (Å²) in [7, 11) is 0. The number of imidazole rings is 1. The van der Waals surface area contributed by atoms with Crippen molar-refractivity contribution in [2.75, 3.05) is 5.73 Å². The van der Waals surface area contributed by atoms with E-state index in [1.165, 1.54) is 0 Å². The van der Waals surface area contributed by atoms with Crippen LogP contribution in [0, 0.1) is 6.92 Å². The van der Waals surface area contributed by atoms with Gasteiger partial charge in [-0.3, -0.25) is 5.10 Å². The molecule has 4 rings (SSSR count).